The molecular formula is C9H14N6O3. The van der Waals surface area contributed by atoms with Crippen LogP contribution in [0.15, 0.2) is 22.8 Å². The molecule has 98 valence electrons. The van der Waals surface area contributed by atoms with Gasteiger partial charge in [0, 0.05) is 0 Å². The first-order valence-corrected chi connectivity index (χ1v) is 5.21. The lowest BCUT2D eigenvalue weighted by molar-refractivity contribution is -0.564. The molecular weight excluding hydrogens is 240 g/mol. The first-order chi connectivity index (χ1) is 8.52. The van der Waals surface area contributed by atoms with E-state index in [-0.39, 0.29) is 18.2 Å². The molecule has 0 saturated carbocycles. The second kappa shape index (κ2) is 4.55. The van der Waals surface area contributed by atoms with E-state index < -0.39 is 12.3 Å². The summed E-state index contributed by atoms with van der Waals surface area (Å²) in [5.41, 5.74) is 16.4. The lowest BCUT2D eigenvalue weighted by Gasteiger charge is -2.30. The van der Waals surface area contributed by atoms with Crippen molar-refractivity contribution in [3.8, 4) is 0 Å². The molecule has 2 unspecified atom stereocenters. The van der Waals surface area contributed by atoms with E-state index in [1.165, 1.54) is 6.26 Å². The van der Waals surface area contributed by atoms with Crippen LogP contribution in [0, 0.1) is 10.4 Å². The van der Waals surface area contributed by atoms with Crippen molar-refractivity contribution in [2.45, 2.75) is 18.9 Å². The molecule has 2 atom stereocenters. The van der Waals surface area contributed by atoms with Crippen molar-refractivity contribution in [2.75, 3.05) is 0 Å². The number of rotatable bonds is 3. The van der Waals surface area contributed by atoms with Crippen LogP contribution in [0.4, 0.5) is 0 Å². The highest BCUT2D eigenvalue weighted by Crippen LogP contribution is 2.03. The molecule has 0 spiro atoms. The third kappa shape index (κ3) is 1.96. The Kier molecular flexibility index (Phi) is 3.08. The highest BCUT2D eigenvalue weighted by atomic mass is 16.5. The Balaban J connectivity index is 2.16. The lowest BCUT2D eigenvalue weighted by atomic mass is 10.3. The maximum atomic E-state index is 11.8. The molecule has 2 rings (SSSR count). The molecule has 0 amide bonds. The summed E-state index contributed by atoms with van der Waals surface area (Å²) in [7, 11) is 0. The SMILES string of the molecule is NC1=[N+]([O-])C(N)C(N)=[N+]([O-])C1NCc1ccco1. The minimum Gasteiger partial charge on any atom is -0.714 e. The fourth-order valence-corrected chi connectivity index (χ4v) is 1.60. The molecule has 1 aliphatic rings. The van der Waals surface area contributed by atoms with Gasteiger partial charge in [0.05, 0.1) is 12.8 Å². The fraction of sp³-hybridized carbons (Fsp3) is 0.333. The van der Waals surface area contributed by atoms with Gasteiger partial charge in [0.1, 0.15) is 5.76 Å². The fourth-order valence-electron chi connectivity index (χ4n) is 1.60. The highest BCUT2D eigenvalue weighted by Gasteiger charge is 2.35. The molecule has 1 aromatic rings. The maximum absolute atomic E-state index is 11.8. The van der Waals surface area contributed by atoms with Crippen LogP contribution >= 0.6 is 0 Å². The summed E-state index contributed by atoms with van der Waals surface area (Å²) >= 11 is 0. The van der Waals surface area contributed by atoms with Crippen LogP contribution in [0.5, 0.6) is 0 Å². The van der Waals surface area contributed by atoms with Crippen molar-refractivity contribution in [1.29, 1.82) is 0 Å². The van der Waals surface area contributed by atoms with E-state index >= 15 is 0 Å². The largest absolute Gasteiger partial charge is 0.714 e. The number of nitrogens with one attached hydrogen (secondary N) is 1. The molecule has 18 heavy (non-hydrogen) atoms. The normalized spacial score (nSPS) is 24.7. The van der Waals surface area contributed by atoms with Crippen molar-refractivity contribution in [3.05, 3.63) is 34.6 Å². The van der Waals surface area contributed by atoms with Crippen LogP contribution in [-0.4, -0.2) is 33.5 Å². The van der Waals surface area contributed by atoms with Gasteiger partial charge in [0.15, 0.2) is 0 Å². The molecule has 0 saturated heterocycles. The van der Waals surface area contributed by atoms with Crippen molar-refractivity contribution in [3.63, 3.8) is 0 Å². The molecule has 0 fully saturated rings. The lowest BCUT2D eigenvalue weighted by Crippen LogP contribution is -2.64. The summed E-state index contributed by atoms with van der Waals surface area (Å²) < 4.78 is 5.78. The smallest absolute Gasteiger partial charge is 0.309 e. The average molecular weight is 254 g/mol. The monoisotopic (exact) mass is 254 g/mol. The van der Waals surface area contributed by atoms with Gasteiger partial charge in [-0.25, -0.2) is 9.48 Å². The van der Waals surface area contributed by atoms with Gasteiger partial charge >= 0.3 is 11.7 Å². The Morgan fingerprint density at radius 3 is 2.61 bits per heavy atom. The zero-order valence-corrected chi connectivity index (χ0v) is 9.45. The summed E-state index contributed by atoms with van der Waals surface area (Å²) in [5, 5.41) is 26.1. The Bertz CT molecular complexity index is 468. The Morgan fingerprint density at radius 2 is 2.00 bits per heavy atom. The predicted molar refractivity (Wildman–Crippen MR) is 63.0 cm³/mol. The van der Waals surface area contributed by atoms with E-state index in [2.05, 4.69) is 5.32 Å². The summed E-state index contributed by atoms with van der Waals surface area (Å²) in [5.74, 6) is 0.0662. The second-order valence-electron chi connectivity index (χ2n) is 3.81. The molecule has 1 aromatic heterocycles. The van der Waals surface area contributed by atoms with Gasteiger partial charge < -0.3 is 14.8 Å². The number of nitrogens with zero attached hydrogens (tertiary/aromatic N) is 2. The molecule has 9 heteroatoms. The predicted octanol–water partition coefficient (Wildman–Crippen LogP) is -2.27. The van der Waals surface area contributed by atoms with Crippen LogP contribution in [-0.2, 0) is 6.54 Å². The van der Waals surface area contributed by atoms with E-state index in [4.69, 9.17) is 21.6 Å². The topological polar surface area (TPSA) is 155 Å². The maximum Gasteiger partial charge on any atom is 0.309 e. The Labute approximate surface area is 102 Å². The molecule has 2 heterocycles. The van der Waals surface area contributed by atoms with Crippen LogP contribution in [0.3, 0.4) is 0 Å². The molecule has 7 N–H and O–H groups in total. The van der Waals surface area contributed by atoms with Gasteiger partial charge in [-0.15, -0.1) is 0 Å². The van der Waals surface area contributed by atoms with E-state index in [9.17, 15) is 10.4 Å². The van der Waals surface area contributed by atoms with Crippen LogP contribution < -0.4 is 22.5 Å². The standard InChI is InChI=1S/C9H14N6O3/c10-6-7(11)15(17)9(8(12)14(6)16)13-4-5-2-1-3-18-5/h1-3,6,9,13H,4,10-12H2. The first kappa shape index (κ1) is 12.2. The van der Waals surface area contributed by atoms with E-state index in [0.717, 1.165) is 0 Å². The molecule has 9 nitrogen and oxygen atoms in total. The van der Waals surface area contributed by atoms with E-state index in [1.54, 1.807) is 12.1 Å². The number of hydrogen-bond donors (Lipinski definition) is 4. The number of hydroxylamine groups is 2. The van der Waals surface area contributed by atoms with Gasteiger partial charge in [0.2, 0.25) is 6.17 Å². The molecule has 0 radical (unpaired) electrons. The molecule has 0 bridgehead atoms. The van der Waals surface area contributed by atoms with Gasteiger partial charge in [-0.1, -0.05) is 0 Å². The highest BCUT2D eigenvalue weighted by molar-refractivity contribution is 5.87. The average Bonchev–Trinajstić information content (AvgIpc) is 2.87. The van der Waals surface area contributed by atoms with E-state index in [1.807, 2.05) is 0 Å². The van der Waals surface area contributed by atoms with Gasteiger partial charge in [-0.05, 0) is 12.1 Å². The van der Waals surface area contributed by atoms with E-state index in [0.29, 0.717) is 15.2 Å². The van der Waals surface area contributed by atoms with Crippen LogP contribution in [0.1, 0.15) is 5.76 Å². The van der Waals surface area contributed by atoms with Crippen LogP contribution in [0.2, 0.25) is 0 Å². The third-order valence-electron chi connectivity index (χ3n) is 2.63. The quantitative estimate of drug-likeness (QED) is 0.350. The zero-order valence-electron chi connectivity index (χ0n) is 9.45. The number of amidine groups is 2. The number of furan rings is 1. The van der Waals surface area contributed by atoms with Gasteiger partial charge in [0.25, 0.3) is 6.17 Å². The first-order valence-electron chi connectivity index (χ1n) is 5.21. The second-order valence-corrected chi connectivity index (χ2v) is 3.81. The minimum atomic E-state index is -1.26. The zero-order chi connectivity index (χ0) is 13.3. The molecule has 1 aliphatic heterocycles. The number of hydrogen-bond acceptors (Lipinski definition) is 7. The van der Waals surface area contributed by atoms with Crippen molar-refractivity contribution in [1.82, 2.24) is 5.32 Å². The molecule has 0 aromatic carbocycles. The third-order valence-corrected chi connectivity index (χ3v) is 2.63. The number of nitrogens with two attached hydrogens (primary N) is 3. The summed E-state index contributed by atoms with van der Waals surface area (Å²) in [6, 6.07) is 3.42. The van der Waals surface area contributed by atoms with Crippen LogP contribution in [0.25, 0.3) is 0 Å². The Hall–Kier alpha value is -2.26. The minimum absolute atomic E-state index is 0.230. The van der Waals surface area contributed by atoms with Crippen molar-refractivity contribution >= 4 is 11.7 Å². The summed E-state index contributed by atoms with van der Waals surface area (Å²) in [6.45, 7) is 0.230. The molecule has 0 aliphatic carbocycles. The van der Waals surface area contributed by atoms with Gasteiger partial charge in [-0.2, -0.15) is 0 Å². The summed E-state index contributed by atoms with van der Waals surface area (Å²) in [4.78, 5) is 0. The summed E-state index contributed by atoms with van der Waals surface area (Å²) in [6.07, 6.45) is -0.826. The van der Waals surface area contributed by atoms with Gasteiger partial charge in [-0.3, -0.25) is 22.5 Å². The van der Waals surface area contributed by atoms with Crippen molar-refractivity contribution in [2.24, 2.45) is 17.2 Å². The Morgan fingerprint density at radius 1 is 1.28 bits per heavy atom. The van der Waals surface area contributed by atoms with Crippen molar-refractivity contribution < 1.29 is 13.9 Å².